The normalized spacial score (nSPS) is 24.8. The van der Waals surface area contributed by atoms with Crippen molar-refractivity contribution in [3.63, 3.8) is 0 Å². The molecule has 0 bridgehead atoms. The number of hydrogen-bond acceptors (Lipinski definition) is 3. The molecule has 1 fully saturated rings. The van der Waals surface area contributed by atoms with E-state index in [1.807, 2.05) is 6.92 Å². The van der Waals surface area contributed by atoms with Crippen molar-refractivity contribution < 1.29 is 9.90 Å². The monoisotopic (exact) mass is 200 g/mol. The third-order valence-electron chi connectivity index (χ3n) is 2.63. The zero-order valence-corrected chi connectivity index (χ0v) is 8.78. The number of hydrogen-bond donors (Lipinski definition) is 2. The maximum atomic E-state index is 11.7. The minimum absolute atomic E-state index is 0.00870. The first-order chi connectivity index (χ1) is 6.65. The number of carbonyl (C=O) groups excluding carboxylic acids is 1. The molecule has 0 saturated carbocycles. The van der Waals surface area contributed by atoms with Gasteiger partial charge in [0.25, 0.3) is 0 Å². The van der Waals surface area contributed by atoms with Gasteiger partial charge in [0, 0.05) is 13.1 Å². The molecule has 1 rings (SSSR count). The Bertz CT molecular complexity index is 197. The van der Waals surface area contributed by atoms with Crippen LogP contribution < -0.4 is 5.73 Å². The van der Waals surface area contributed by atoms with Crippen LogP contribution in [0.2, 0.25) is 0 Å². The predicted molar refractivity (Wildman–Crippen MR) is 54.7 cm³/mol. The van der Waals surface area contributed by atoms with E-state index in [9.17, 15) is 9.90 Å². The Kier molecular flexibility index (Phi) is 4.35. The quantitative estimate of drug-likeness (QED) is 0.679. The fourth-order valence-electron chi connectivity index (χ4n) is 1.82. The lowest BCUT2D eigenvalue weighted by molar-refractivity contribution is -0.135. The molecule has 0 spiro atoms. The Morgan fingerprint density at radius 1 is 1.71 bits per heavy atom. The summed E-state index contributed by atoms with van der Waals surface area (Å²) in [6.07, 6.45) is 2.97. The van der Waals surface area contributed by atoms with Crippen LogP contribution >= 0.6 is 0 Å². The molecule has 1 saturated heterocycles. The second kappa shape index (κ2) is 5.32. The fraction of sp³-hybridized carbons (Fsp3) is 0.900. The summed E-state index contributed by atoms with van der Waals surface area (Å²) in [4.78, 5) is 13.4. The molecule has 0 unspecified atom stereocenters. The number of rotatable bonds is 3. The van der Waals surface area contributed by atoms with Gasteiger partial charge in [-0.15, -0.1) is 0 Å². The number of aliphatic hydroxyl groups excluding tert-OH is 1. The number of nitrogens with two attached hydrogens (primary N) is 1. The Labute approximate surface area is 85.1 Å². The van der Waals surface area contributed by atoms with Gasteiger partial charge in [0.2, 0.25) is 5.91 Å². The lowest BCUT2D eigenvalue weighted by atomic mass is 10.1. The zero-order chi connectivity index (χ0) is 10.6. The number of likely N-dealkylation sites (tertiary alicyclic amines) is 1. The third-order valence-corrected chi connectivity index (χ3v) is 2.63. The maximum Gasteiger partial charge on any atom is 0.239 e. The van der Waals surface area contributed by atoms with Gasteiger partial charge < -0.3 is 15.7 Å². The van der Waals surface area contributed by atoms with Gasteiger partial charge in [0.05, 0.1) is 12.1 Å². The Morgan fingerprint density at radius 3 is 3.00 bits per heavy atom. The van der Waals surface area contributed by atoms with Crippen molar-refractivity contribution in [2.75, 3.05) is 13.1 Å². The van der Waals surface area contributed by atoms with E-state index >= 15 is 0 Å². The van der Waals surface area contributed by atoms with Gasteiger partial charge in [0.1, 0.15) is 0 Å². The summed E-state index contributed by atoms with van der Waals surface area (Å²) in [6.45, 7) is 3.21. The number of piperidine rings is 1. The van der Waals surface area contributed by atoms with E-state index in [4.69, 9.17) is 5.73 Å². The van der Waals surface area contributed by atoms with Crippen LogP contribution in [-0.4, -0.2) is 41.1 Å². The number of amides is 1. The summed E-state index contributed by atoms with van der Waals surface area (Å²) >= 11 is 0. The summed E-state index contributed by atoms with van der Waals surface area (Å²) in [6, 6.07) is -0.384. The van der Waals surface area contributed by atoms with E-state index < -0.39 is 0 Å². The largest absolute Gasteiger partial charge is 0.391 e. The van der Waals surface area contributed by atoms with Crippen LogP contribution in [0, 0.1) is 0 Å². The molecule has 82 valence electrons. The number of aliphatic hydroxyl groups is 1. The lowest BCUT2D eigenvalue weighted by Gasteiger charge is -2.31. The highest BCUT2D eigenvalue weighted by Gasteiger charge is 2.25. The topological polar surface area (TPSA) is 66.6 Å². The second-order valence-electron chi connectivity index (χ2n) is 3.98. The molecule has 1 aliphatic rings. The summed E-state index contributed by atoms with van der Waals surface area (Å²) in [5.41, 5.74) is 5.73. The van der Waals surface area contributed by atoms with Crippen LogP contribution in [0.3, 0.4) is 0 Å². The van der Waals surface area contributed by atoms with E-state index in [-0.39, 0.29) is 18.1 Å². The molecule has 0 aromatic carbocycles. The second-order valence-corrected chi connectivity index (χ2v) is 3.98. The Morgan fingerprint density at radius 2 is 2.43 bits per heavy atom. The van der Waals surface area contributed by atoms with Gasteiger partial charge in [-0.05, 0) is 19.3 Å². The average Bonchev–Trinajstić information content (AvgIpc) is 2.17. The Balaban J connectivity index is 2.42. The van der Waals surface area contributed by atoms with Crippen LogP contribution in [0.5, 0.6) is 0 Å². The van der Waals surface area contributed by atoms with Crippen molar-refractivity contribution in [3.8, 4) is 0 Å². The van der Waals surface area contributed by atoms with Gasteiger partial charge in [-0.2, -0.15) is 0 Å². The molecule has 4 nitrogen and oxygen atoms in total. The minimum atomic E-state index is -0.384. The average molecular weight is 200 g/mol. The smallest absolute Gasteiger partial charge is 0.239 e. The SMILES string of the molecule is CCC[C@@H](N)C(=O)N1CCC[C@H](O)C1. The van der Waals surface area contributed by atoms with Crippen LogP contribution in [-0.2, 0) is 4.79 Å². The minimum Gasteiger partial charge on any atom is -0.391 e. The van der Waals surface area contributed by atoms with E-state index in [1.54, 1.807) is 4.90 Å². The van der Waals surface area contributed by atoms with E-state index in [0.717, 1.165) is 32.2 Å². The van der Waals surface area contributed by atoms with E-state index in [2.05, 4.69) is 0 Å². The molecule has 0 aromatic heterocycles. The van der Waals surface area contributed by atoms with Crippen LogP contribution in [0.25, 0.3) is 0 Å². The standard InChI is InChI=1S/C10H20N2O2/c1-2-4-9(11)10(14)12-6-3-5-8(13)7-12/h8-9,13H,2-7,11H2,1H3/t8-,9+/m0/s1. The van der Waals surface area contributed by atoms with Crippen molar-refractivity contribution in [1.82, 2.24) is 4.90 Å². The molecular weight excluding hydrogens is 180 g/mol. The molecule has 0 radical (unpaired) electrons. The highest BCUT2D eigenvalue weighted by atomic mass is 16.3. The summed E-state index contributed by atoms with van der Waals surface area (Å²) in [5, 5.41) is 9.41. The summed E-state index contributed by atoms with van der Waals surface area (Å²) < 4.78 is 0. The van der Waals surface area contributed by atoms with Gasteiger partial charge in [-0.3, -0.25) is 4.79 Å². The molecule has 2 atom stereocenters. The third kappa shape index (κ3) is 2.96. The van der Waals surface area contributed by atoms with Crippen LogP contribution in [0.4, 0.5) is 0 Å². The van der Waals surface area contributed by atoms with Gasteiger partial charge in [-0.1, -0.05) is 13.3 Å². The molecular formula is C10H20N2O2. The van der Waals surface area contributed by atoms with E-state index in [0.29, 0.717) is 6.54 Å². The van der Waals surface area contributed by atoms with Crippen molar-refractivity contribution in [2.45, 2.75) is 44.8 Å². The number of β-amino-alcohol motifs (C(OH)–C–C–N with tert-alkyl or cyclic N) is 1. The van der Waals surface area contributed by atoms with Crippen LogP contribution in [0.1, 0.15) is 32.6 Å². The molecule has 1 heterocycles. The predicted octanol–water partition coefficient (Wildman–Crippen LogP) is 0.0971. The van der Waals surface area contributed by atoms with Crippen molar-refractivity contribution in [2.24, 2.45) is 5.73 Å². The fourth-order valence-corrected chi connectivity index (χ4v) is 1.82. The highest BCUT2D eigenvalue weighted by molar-refractivity contribution is 5.81. The lowest BCUT2D eigenvalue weighted by Crippen LogP contribution is -2.49. The van der Waals surface area contributed by atoms with Gasteiger partial charge in [0.15, 0.2) is 0 Å². The zero-order valence-electron chi connectivity index (χ0n) is 8.78. The van der Waals surface area contributed by atoms with Gasteiger partial charge in [-0.25, -0.2) is 0 Å². The molecule has 1 amide bonds. The first-order valence-corrected chi connectivity index (χ1v) is 5.37. The number of nitrogens with zero attached hydrogens (tertiary/aromatic N) is 1. The molecule has 4 heteroatoms. The maximum absolute atomic E-state index is 11.7. The number of carbonyl (C=O) groups is 1. The van der Waals surface area contributed by atoms with Crippen molar-refractivity contribution in [3.05, 3.63) is 0 Å². The van der Waals surface area contributed by atoms with Gasteiger partial charge >= 0.3 is 0 Å². The van der Waals surface area contributed by atoms with E-state index in [1.165, 1.54) is 0 Å². The Hall–Kier alpha value is -0.610. The molecule has 1 aliphatic heterocycles. The summed E-state index contributed by atoms with van der Waals surface area (Å²) in [7, 11) is 0. The first-order valence-electron chi connectivity index (χ1n) is 5.37. The highest BCUT2D eigenvalue weighted by Crippen LogP contribution is 2.11. The summed E-state index contributed by atoms with van der Waals surface area (Å²) in [5.74, 6) is -0.00870. The van der Waals surface area contributed by atoms with Crippen molar-refractivity contribution in [1.29, 1.82) is 0 Å². The molecule has 0 aliphatic carbocycles. The van der Waals surface area contributed by atoms with Crippen molar-refractivity contribution >= 4 is 5.91 Å². The molecule has 3 N–H and O–H groups in total. The van der Waals surface area contributed by atoms with Crippen LogP contribution in [0.15, 0.2) is 0 Å². The molecule has 0 aromatic rings. The first kappa shape index (κ1) is 11.5. The molecule has 14 heavy (non-hydrogen) atoms.